The summed E-state index contributed by atoms with van der Waals surface area (Å²) in [7, 11) is 0. The van der Waals surface area contributed by atoms with E-state index in [4.69, 9.17) is 16.6 Å². The van der Waals surface area contributed by atoms with Crippen LogP contribution in [0.1, 0.15) is 35.7 Å². The van der Waals surface area contributed by atoms with Gasteiger partial charge in [0, 0.05) is 23.0 Å². The van der Waals surface area contributed by atoms with Gasteiger partial charge in [-0.15, -0.1) is 0 Å². The summed E-state index contributed by atoms with van der Waals surface area (Å²) >= 11 is 5.30. The van der Waals surface area contributed by atoms with Crippen LogP contribution in [-0.4, -0.2) is 21.0 Å². The second kappa shape index (κ2) is 8.42. The summed E-state index contributed by atoms with van der Waals surface area (Å²) < 4.78 is 5.76. The number of nitrogens with one attached hydrogen (secondary N) is 2. The Labute approximate surface area is 179 Å². The number of benzene rings is 2. The Balaban J connectivity index is 1.44. The maximum Gasteiger partial charge on any atom is 0.257 e. The molecule has 0 aliphatic carbocycles. The van der Waals surface area contributed by atoms with E-state index in [1.165, 1.54) is 5.56 Å². The largest absolute Gasteiger partial charge is 0.434 e. The summed E-state index contributed by atoms with van der Waals surface area (Å²) in [5.74, 6) is 0.616. The number of fused-ring (bicyclic) bond motifs is 1. The zero-order chi connectivity index (χ0) is 21.1. The lowest BCUT2D eigenvalue weighted by molar-refractivity contribution is 0.0977. The third-order valence-electron chi connectivity index (χ3n) is 4.60. The number of hydrogen-bond donors (Lipinski definition) is 2. The SMILES string of the molecule is CC(C)c1ccc(C(=O)NC(=S)Nc2cccc(-c3nc4ncccc4o3)c2)cc1. The van der Waals surface area contributed by atoms with Crippen LogP contribution in [-0.2, 0) is 0 Å². The minimum absolute atomic E-state index is 0.212. The third-order valence-corrected chi connectivity index (χ3v) is 4.80. The van der Waals surface area contributed by atoms with Gasteiger partial charge in [0.1, 0.15) is 0 Å². The van der Waals surface area contributed by atoms with E-state index in [0.29, 0.717) is 34.3 Å². The molecule has 2 N–H and O–H groups in total. The normalized spacial score (nSPS) is 10.9. The molecule has 2 aromatic heterocycles. The molecule has 4 aromatic rings. The average molecular weight is 417 g/mol. The van der Waals surface area contributed by atoms with Crippen molar-refractivity contribution in [3.05, 3.63) is 78.0 Å². The molecule has 2 heterocycles. The second-order valence-corrected chi connectivity index (χ2v) is 7.52. The van der Waals surface area contributed by atoms with Crippen molar-refractivity contribution in [2.45, 2.75) is 19.8 Å². The standard InChI is InChI=1S/C23H20N4O2S/c1-14(2)15-8-10-16(11-9-15)21(28)27-23(30)25-18-6-3-5-17(13-18)22-26-20-19(29-22)7-4-12-24-20/h3-14H,1-2H3,(H2,25,27,28,30). The third kappa shape index (κ3) is 4.36. The highest BCUT2D eigenvalue weighted by atomic mass is 32.1. The molecule has 4 rings (SSSR count). The fourth-order valence-corrected chi connectivity index (χ4v) is 3.19. The van der Waals surface area contributed by atoms with Crippen LogP contribution in [0, 0.1) is 0 Å². The first-order valence-corrected chi connectivity index (χ1v) is 9.95. The molecular weight excluding hydrogens is 396 g/mol. The van der Waals surface area contributed by atoms with Gasteiger partial charge in [-0.3, -0.25) is 10.1 Å². The number of rotatable bonds is 4. The molecule has 150 valence electrons. The summed E-state index contributed by atoms with van der Waals surface area (Å²) in [6, 6.07) is 18.6. The minimum Gasteiger partial charge on any atom is -0.434 e. The molecule has 30 heavy (non-hydrogen) atoms. The van der Waals surface area contributed by atoms with Gasteiger partial charge in [-0.25, -0.2) is 4.98 Å². The van der Waals surface area contributed by atoms with Gasteiger partial charge in [-0.1, -0.05) is 32.0 Å². The van der Waals surface area contributed by atoms with Gasteiger partial charge in [-0.05, 0) is 66.2 Å². The Hall–Kier alpha value is -3.58. The van der Waals surface area contributed by atoms with Crippen molar-refractivity contribution in [2.24, 2.45) is 0 Å². The van der Waals surface area contributed by atoms with Crippen LogP contribution < -0.4 is 10.6 Å². The molecule has 2 aromatic carbocycles. The highest BCUT2D eigenvalue weighted by Gasteiger charge is 2.11. The van der Waals surface area contributed by atoms with Crippen molar-refractivity contribution in [3.8, 4) is 11.5 Å². The molecular formula is C23H20N4O2S. The van der Waals surface area contributed by atoms with Gasteiger partial charge in [0.05, 0.1) is 0 Å². The van der Waals surface area contributed by atoms with E-state index in [-0.39, 0.29) is 11.0 Å². The lowest BCUT2D eigenvalue weighted by atomic mass is 10.0. The molecule has 0 atom stereocenters. The van der Waals surface area contributed by atoms with Crippen LogP contribution >= 0.6 is 12.2 Å². The monoisotopic (exact) mass is 416 g/mol. The maximum absolute atomic E-state index is 12.4. The summed E-state index contributed by atoms with van der Waals surface area (Å²) in [6.07, 6.45) is 1.67. The van der Waals surface area contributed by atoms with Gasteiger partial charge in [-0.2, -0.15) is 4.98 Å². The Bertz CT molecular complexity index is 1180. The second-order valence-electron chi connectivity index (χ2n) is 7.11. The first-order chi connectivity index (χ1) is 14.5. The van der Waals surface area contributed by atoms with Crippen molar-refractivity contribution < 1.29 is 9.21 Å². The molecule has 0 aliphatic heterocycles. The highest BCUT2D eigenvalue weighted by Crippen LogP contribution is 2.25. The zero-order valence-corrected chi connectivity index (χ0v) is 17.4. The zero-order valence-electron chi connectivity index (χ0n) is 16.5. The number of anilines is 1. The summed E-state index contributed by atoms with van der Waals surface area (Å²) in [5.41, 5.74) is 4.39. The Morgan fingerprint density at radius 1 is 1.07 bits per heavy atom. The van der Waals surface area contributed by atoms with Gasteiger partial charge >= 0.3 is 0 Å². The molecule has 6 nitrogen and oxygen atoms in total. The minimum atomic E-state index is -0.260. The van der Waals surface area contributed by atoms with E-state index in [0.717, 1.165) is 5.56 Å². The Morgan fingerprint density at radius 3 is 2.60 bits per heavy atom. The maximum atomic E-state index is 12.4. The van der Waals surface area contributed by atoms with Gasteiger partial charge in [0.25, 0.3) is 5.91 Å². The van der Waals surface area contributed by atoms with Gasteiger partial charge in [0.15, 0.2) is 16.3 Å². The predicted octanol–water partition coefficient (Wildman–Crippen LogP) is 5.14. The molecule has 0 saturated heterocycles. The fourth-order valence-electron chi connectivity index (χ4n) is 2.98. The van der Waals surface area contributed by atoms with Crippen LogP contribution in [0.4, 0.5) is 5.69 Å². The van der Waals surface area contributed by atoms with Crippen molar-refractivity contribution in [2.75, 3.05) is 5.32 Å². The number of hydrogen-bond acceptors (Lipinski definition) is 5. The van der Waals surface area contributed by atoms with Crippen LogP contribution in [0.25, 0.3) is 22.7 Å². The first kappa shape index (κ1) is 19.7. The predicted molar refractivity (Wildman–Crippen MR) is 121 cm³/mol. The summed E-state index contributed by atoms with van der Waals surface area (Å²) in [4.78, 5) is 21.0. The lowest BCUT2D eigenvalue weighted by Gasteiger charge is -2.11. The van der Waals surface area contributed by atoms with Crippen molar-refractivity contribution in [1.82, 2.24) is 15.3 Å². The number of pyridine rings is 1. The molecule has 0 unspecified atom stereocenters. The molecule has 0 saturated carbocycles. The fraction of sp³-hybridized carbons (Fsp3) is 0.130. The van der Waals surface area contributed by atoms with E-state index >= 15 is 0 Å². The van der Waals surface area contributed by atoms with Crippen LogP contribution in [0.5, 0.6) is 0 Å². The number of thiocarbonyl (C=S) groups is 1. The number of oxazole rings is 1. The highest BCUT2D eigenvalue weighted by molar-refractivity contribution is 7.80. The van der Waals surface area contributed by atoms with Crippen LogP contribution in [0.15, 0.2) is 71.3 Å². The number of amides is 1. The number of aromatic nitrogens is 2. The molecule has 0 bridgehead atoms. The molecule has 0 fully saturated rings. The molecule has 0 radical (unpaired) electrons. The van der Waals surface area contributed by atoms with Crippen molar-refractivity contribution >= 4 is 40.2 Å². The Kier molecular flexibility index (Phi) is 5.54. The lowest BCUT2D eigenvalue weighted by Crippen LogP contribution is -2.34. The van der Waals surface area contributed by atoms with E-state index in [1.54, 1.807) is 24.4 Å². The van der Waals surface area contributed by atoms with E-state index < -0.39 is 0 Å². The van der Waals surface area contributed by atoms with Crippen molar-refractivity contribution in [1.29, 1.82) is 0 Å². The summed E-state index contributed by atoms with van der Waals surface area (Å²) in [5, 5.41) is 5.95. The van der Waals surface area contributed by atoms with E-state index in [2.05, 4.69) is 34.4 Å². The smallest absolute Gasteiger partial charge is 0.257 e. The van der Waals surface area contributed by atoms with Gasteiger partial charge < -0.3 is 9.73 Å². The molecule has 1 amide bonds. The van der Waals surface area contributed by atoms with Gasteiger partial charge in [0.2, 0.25) is 5.89 Å². The van der Waals surface area contributed by atoms with Crippen LogP contribution in [0.2, 0.25) is 0 Å². The quantitative estimate of drug-likeness (QED) is 0.449. The first-order valence-electron chi connectivity index (χ1n) is 9.54. The number of carbonyl (C=O) groups is 1. The Morgan fingerprint density at radius 2 is 1.87 bits per heavy atom. The number of carbonyl (C=O) groups excluding carboxylic acids is 1. The van der Waals surface area contributed by atoms with Crippen LogP contribution in [0.3, 0.4) is 0 Å². The number of nitrogens with zero attached hydrogens (tertiary/aromatic N) is 2. The summed E-state index contributed by atoms with van der Waals surface area (Å²) in [6.45, 7) is 4.22. The van der Waals surface area contributed by atoms with E-state index in [1.807, 2.05) is 42.5 Å². The molecule has 0 spiro atoms. The molecule has 0 aliphatic rings. The topological polar surface area (TPSA) is 80.0 Å². The van der Waals surface area contributed by atoms with Crippen molar-refractivity contribution in [3.63, 3.8) is 0 Å². The van der Waals surface area contributed by atoms with E-state index in [9.17, 15) is 4.79 Å². The molecule has 7 heteroatoms. The average Bonchev–Trinajstić information content (AvgIpc) is 3.18.